The number of hydrogen-bond acceptors (Lipinski definition) is 8. The predicted octanol–water partition coefficient (Wildman–Crippen LogP) is 6.78. The van der Waals surface area contributed by atoms with E-state index in [4.69, 9.17) is 9.72 Å². The fraction of sp³-hybridized carbons (Fsp3) is 0.297. The number of amides is 2. The summed E-state index contributed by atoms with van der Waals surface area (Å²) in [4.78, 5) is 36.9. The van der Waals surface area contributed by atoms with E-state index in [1.54, 1.807) is 34.9 Å². The molecule has 12 heteroatoms. The lowest BCUT2D eigenvalue weighted by atomic mass is 9.97. The van der Waals surface area contributed by atoms with E-state index in [1.165, 1.54) is 11.0 Å². The number of nitrogens with zero attached hydrogens (tertiary/aromatic N) is 4. The Hall–Kier alpha value is -5.36. The monoisotopic (exact) mass is 671 g/mol. The highest BCUT2D eigenvalue weighted by Crippen LogP contribution is 2.37. The minimum Gasteiger partial charge on any atom is -0.444 e. The van der Waals surface area contributed by atoms with Crippen LogP contribution in [-0.2, 0) is 22.6 Å². The van der Waals surface area contributed by atoms with Gasteiger partial charge in [-0.1, -0.05) is 55.1 Å². The van der Waals surface area contributed by atoms with Crippen LogP contribution in [0.4, 0.5) is 31.0 Å². The van der Waals surface area contributed by atoms with Crippen molar-refractivity contribution in [1.29, 1.82) is 0 Å². The Bertz CT molecular complexity index is 1770. The van der Waals surface area contributed by atoms with E-state index in [2.05, 4.69) is 27.5 Å². The first kappa shape index (κ1) is 36.5. The van der Waals surface area contributed by atoms with Crippen LogP contribution in [0.15, 0.2) is 73.3 Å². The molecule has 0 saturated carbocycles. The lowest BCUT2D eigenvalue weighted by Crippen LogP contribution is -2.36. The molecule has 10 nitrogen and oxygen atoms in total. The molecule has 0 fully saturated rings. The van der Waals surface area contributed by atoms with Crippen LogP contribution in [0.5, 0.6) is 0 Å². The Labute approximate surface area is 286 Å². The number of aryl methyl sites for hydroxylation is 1. The van der Waals surface area contributed by atoms with Crippen molar-refractivity contribution in [3.63, 3.8) is 0 Å². The Kier molecular flexibility index (Phi) is 12.0. The topological polar surface area (TPSA) is 112 Å². The van der Waals surface area contributed by atoms with Crippen molar-refractivity contribution in [3.05, 3.63) is 107 Å². The van der Waals surface area contributed by atoms with Crippen molar-refractivity contribution in [1.82, 2.24) is 25.5 Å². The summed E-state index contributed by atoms with van der Waals surface area (Å²) in [6.45, 7) is 12.7. The van der Waals surface area contributed by atoms with E-state index in [0.717, 1.165) is 33.7 Å². The SMILES string of the molecule is C=C(NCc1ccccc1)c1ccc(C)c(-c2nc(NCCN(C)C(=O)OC(C)(C)C)nc(N(C=O)c3c(F)cccc3F)c2CNC)c1. The summed E-state index contributed by atoms with van der Waals surface area (Å²) in [6.07, 6.45) is -0.178. The van der Waals surface area contributed by atoms with Crippen molar-refractivity contribution in [2.75, 3.05) is 37.4 Å². The van der Waals surface area contributed by atoms with Crippen LogP contribution >= 0.6 is 0 Å². The molecule has 0 aliphatic rings. The third kappa shape index (κ3) is 9.38. The molecule has 0 bridgehead atoms. The van der Waals surface area contributed by atoms with Crippen LogP contribution in [-0.4, -0.2) is 60.2 Å². The van der Waals surface area contributed by atoms with E-state index in [-0.39, 0.29) is 31.4 Å². The first-order valence-electron chi connectivity index (χ1n) is 15.8. The van der Waals surface area contributed by atoms with Crippen molar-refractivity contribution in [3.8, 4) is 11.3 Å². The zero-order valence-corrected chi connectivity index (χ0v) is 28.7. The summed E-state index contributed by atoms with van der Waals surface area (Å²) in [5, 5.41) is 9.56. The quantitative estimate of drug-likeness (QED) is 0.126. The molecule has 3 N–H and O–H groups in total. The predicted molar refractivity (Wildman–Crippen MR) is 189 cm³/mol. The number of hydrogen-bond donors (Lipinski definition) is 3. The summed E-state index contributed by atoms with van der Waals surface area (Å²) >= 11 is 0. The molecule has 0 atom stereocenters. The van der Waals surface area contributed by atoms with Gasteiger partial charge in [-0.05, 0) is 69.6 Å². The molecule has 4 rings (SSSR count). The number of para-hydroxylation sites is 1. The molecule has 0 saturated heterocycles. The highest BCUT2D eigenvalue weighted by Gasteiger charge is 2.27. The minimum atomic E-state index is -0.935. The van der Waals surface area contributed by atoms with Crippen LogP contribution in [0.25, 0.3) is 17.0 Å². The summed E-state index contributed by atoms with van der Waals surface area (Å²) in [5.74, 6) is -1.81. The number of nitrogens with one attached hydrogen (secondary N) is 3. The molecule has 1 aromatic heterocycles. The van der Waals surface area contributed by atoms with Gasteiger partial charge in [0.1, 0.15) is 22.9 Å². The Balaban J connectivity index is 1.79. The van der Waals surface area contributed by atoms with E-state index >= 15 is 8.78 Å². The number of halogens is 2. The number of carbonyl (C=O) groups is 2. The molecule has 49 heavy (non-hydrogen) atoms. The molecule has 0 spiro atoms. The smallest absolute Gasteiger partial charge is 0.410 e. The highest BCUT2D eigenvalue weighted by atomic mass is 19.1. The molecule has 3 aromatic carbocycles. The standard InChI is InChI=1S/C37H43F2N7O3/c1-24-16-17-27(25(2)42-21-26-12-9-8-10-13-26)20-28(24)32-29(22-40-6)34(46(23-47)33-30(38)14-11-15-31(33)39)44-35(43-32)41-18-19-45(7)36(48)49-37(3,4)5/h8-17,20,23,40,42H,2,18-19,21-22H2,1,3-7H3,(H,41,43,44). The Morgan fingerprint density at radius 2 is 1.69 bits per heavy atom. The third-order valence-corrected chi connectivity index (χ3v) is 7.48. The first-order chi connectivity index (χ1) is 23.3. The summed E-state index contributed by atoms with van der Waals surface area (Å²) in [7, 11) is 3.31. The number of aromatic nitrogens is 2. The zero-order valence-electron chi connectivity index (χ0n) is 28.7. The van der Waals surface area contributed by atoms with Gasteiger partial charge in [0.15, 0.2) is 5.82 Å². The summed E-state index contributed by atoms with van der Waals surface area (Å²) < 4.78 is 35.7. The molecule has 1 heterocycles. The fourth-order valence-electron chi connectivity index (χ4n) is 4.98. The van der Waals surface area contributed by atoms with Crippen LogP contribution < -0.4 is 20.9 Å². The minimum absolute atomic E-state index is 0.0211. The van der Waals surface area contributed by atoms with E-state index in [1.807, 2.05) is 55.5 Å². The van der Waals surface area contributed by atoms with Crippen molar-refractivity contribution in [2.24, 2.45) is 0 Å². The average Bonchev–Trinajstić information content (AvgIpc) is 3.06. The van der Waals surface area contributed by atoms with Gasteiger partial charge in [0.05, 0.1) is 5.69 Å². The van der Waals surface area contributed by atoms with Crippen molar-refractivity contribution in [2.45, 2.75) is 46.4 Å². The average molecular weight is 672 g/mol. The lowest BCUT2D eigenvalue weighted by molar-refractivity contribution is -0.106. The molecule has 0 unspecified atom stereocenters. The number of likely N-dealkylation sites (N-methyl/N-ethyl adjacent to an activating group) is 1. The number of anilines is 3. The highest BCUT2D eigenvalue weighted by molar-refractivity contribution is 5.89. The van der Waals surface area contributed by atoms with Gasteiger partial charge in [0.25, 0.3) is 0 Å². The molecule has 2 amide bonds. The fourth-order valence-corrected chi connectivity index (χ4v) is 4.98. The second-order valence-corrected chi connectivity index (χ2v) is 12.5. The van der Waals surface area contributed by atoms with Crippen LogP contribution in [0.3, 0.4) is 0 Å². The number of ether oxygens (including phenoxy) is 1. The molecular weight excluding hydrogens is 628 g/mol. The number of benzene rings is 3. The van der Waals surface area contributed by atoms with Gasteiger partial charge in [-0.2, -0.15) is 4.98 Å². The van der Waals surface area contributed by atoms with Crippen LogP contribution in [0, 0.1) is 18.6 Å². The second kappa shape index (κ2) is 16.2. The van der Waals surface area contributed by atoms with Gasteiger partial charge in [0.2, 0.25) is 12.4 Å². The molecule has 258 valence electrons. The number of carbonyl (C=O) groups excluding carboxylic acids is 2. The van der Waals surface area contributed by atoms with Gasteiger partial charge in [-0.25, -0.2) is 18.6 Å². The van der Waals surface area contributed by atoms with Crippen LogP contribution in [0.1, 0.15) is 43.0 Å². The molecule has 0 radical (unpaired) electrons. The summed E-state index contributed by atoms with van der Waals surface area (Å²) in [5.41, 5.74) is 3.75. The molecule has 0 aliphatic heterocycles. The first-order valence-corrected chi connectivity index (χ1v) is 15.8. The third-order valence-electron chi connectivity index (χ3n) is 7.48. The van der Waals surface area contributed by atoms with Gasteiger partial charge in [0, 0.05) is 50.1 Å². The Morgan fingerprint density at radius 1 is 1.00 bits per heavy atom. The van der Waals surface area contributed by atoms with Gasteiger partial charge in [-0.15, -0.1) is 0 Å². The lowest BCUT2D eigenvalue weighted by Gasteiger charge is -2.25. The molecule has 0 aliphatic carbocycles. The Morgan fingerprint density at radius 3 is 2.33 bits per heavy atom. The normalized spacial score (nSPS) is 11.1. The van der Waals surface area contributed by atoms with E-state index in [0.29, 0.717) is 35.5 Å². The van der Waals surface area contributed by atoms with Gasteiger partial charge >= 0.3 is 6.09 Å². The van der Waals surface area contributed by atoms with Crippen molar-refractivity contribution >= 4 is 35.7 Å². The van der Waals surface area contributed by atoms with Gasteiger partial charge < -0.3 is 25.6 Å². The van der Waals surface area contributed by atoms with E-state index in [9.17, 15) is 9.59 Å². The van der Waals surface area contributed by atoms with Crippen LogP contribution in [0.2, 0.25) is 0 Å². The largest absolute Gasteiger partial charge is 0.444 e. The maximum Gasteiger partial charge on any atom is 0.410 e. The molecule has 4 aromatic rings. The number of rotatable bonds is 14. The van der Waals surface area contributed by atoms with Crippen molar-refractivity contribution < 1.29 is 23.1 Å². The second-order valence-electron chi connectivity index (χ2n) is 12.5. The maximum absolute atomic E-state index is 15.1. The van der Waals surface area contributed by atoms with E-state index < -0.39 is 29.0 Å². The summed E-state index contributed by atoms with van der Waals surface area (Å²) in [6, 6.07) is 19.1. The van der Waals surface area contributed by atoms with Gasteiger partial charge in [-0.3, -0.25) is 9.69 Å². The maximum atomic E-state index is 15.1. The molecular formula is C37H43F2N7O3. The zero-order chi connectivity index (χ0) is 35.7.